The maximum Gasteiger partial charge on any atom is 0.326 e. The molecule has 0 bridgehead atoms. The molecule has 0 unspecified atom stereocenters. The van der Waals surface area contributed by atoms with Crippen molar-refractivity contribution >= 4 is 23.9 Å². The molecule has 0 radical (unpaired) electrons. The van der Waals surface area contributed by atoms with Gasteiger partial charge in [-0.2, -0.15) is 0 Å². The molecule has 0 spiro atoms. The molecule has 0 aromatic rings. The van der Waals surface area contributed by atoms with E-state index in [2.05, 4.69) is 5.32 Å². The summed E-state index contributed by atoms with van der Waals surface area (Å²) in [5.74, 6) is -1.81. The molecule has 4 atom stereocenters. The minimum Gasteiger partial charge on any atom is -0.463 e. The number of ether oxygens (including phenoxy) is 3. The number of carbonyl (C=O) groups is 4. The zero-order valence-electron chi connectivity index (χ0n) is 13.5. The van der Waals surface area contributed by atoms with Crippen LogP contribution in [-0.2, 0) is 28.6 Å². The molecule has 2 rings (SSSR count). The quantitative estimate of drug-likeness (QED) is 0.706. The lowest BCUT2D eigenvalue weighted by Gasteiger charge is -2.36. The molecular formula is C14H19FN2O7. The van der Waals surface area contributed by atoms with Gasteiger partial charge >= 0.3 is 18.0 Å². The van der Waals surface area contributed by atoms with Crippen LogP contribution in [-0.4, -0.2) is 66.0 Å². The SMILES string of the molecule is CC(=O)OC[C@H]1O[C@@H](N2CCC(=O)NC2=O)[C@](C)(F)[C@@H]1OC(C)=O. The van der Waals surface area contributed by atoms with Gasteiger partial charge in [0.1, 0.15) is 12.7 Å². The topological polar surface area (TPSA) is 111 Å². The number of hydrogen-bond donors (Lipinski definition) is 1. The number of imide groups is 1. The van der Waals surface area contributed by atoms with Gasteiger partial charge < -0.3 is 14.2 Å². The number of halogens is 1. The van der Waals surface area contributed by atoms with Gasteiger partial charge in [0.2, 0.25) is 5.91 Å². The number of nitrogens with zero attached hydrogens (tertiary/aromatic N) is 1. The molecule has 1 N–H and O–H groups in total. The summed E-state index contributed by atoms with van der Waals surface area (Å²) in [7, 11) is 0. The van der Waals surface area contributed by atoms with E-state index in [9.17, 15) is 19.2 Å². The third-order valence-corrected chi connectivity index (χ3v) is 3.79. The van der Waals surface area contributed by atoms with Crippen molar-refractivity contribution in [1.82, 2.24) is 10.2 Å². The first-order valence-electron chi connectivity index (χ1n) is 7.38. The zero-order chi connectivity index (χ0) is 18.1. The highest BCUT2D eigenvalue weighted by molar-refractivity contribution is 5.96. The van der Waals surface area contributed by atoms with Crippen LogP contribution in [0.5, 0.6) is 0 Å². The Balaban J connectivity index is 2.22. The second kappa shape index (κ2) is 6.71. The first-order valence-corrected chi connectivity index (χ1v) is 7.38. The van der Waals surface area contributed by atoms with Gasteiger partial charge in [-0.3, -0.25) is 24.6 Å². The van der Waals surface area contributed by atoms with Crippen molar-refractivity contribution in [3.8, 4) is 0 Å². The Morgan fingerprint density at radius 3 is 2.58 bits per heavy atom. The van der Waals surface area contributed by atoms with E-state index in [-0.39, 0.29) is 19.6 Å². The van der Waals surface area contributed by atoms with E-state index >= 15 is 4.39 Å². The number of amides is 3. The van der Waals surface area contributed by atoms with Crippen molar-refractivity contribution in [3.05, 3.63) is 0 Å². The lowest BCUT2D eigenvalue weighted by atomic mass is 9.97. The average molecular weight is 346 g/mol. The number of carbonyl (C=O) groups excluding carboxylic acids is 4. The van der Waals surface area contributed by atoms with Crippen molar-refractivity contribution in [2.75, 3.05) is 13.2 Å². The van der Waals surface area contributed by atoms with Gasteiger partial charge in [0.25, 0.3) is 0 Å². The van der Waals surface area contributed by atoms with Gasteiger partial charge in [-0.15, -0.1) is 0 Å². The maximum absolute atomic E-state index is 15.3. The smallest absolute Gasteiger partial charge is 0.326 e. The first-order chi connectivity index (χ1) is 11.1. The molecule has 0 aromatic carbocycles. The Kier molecular flexibility index (Phi) is 5.07. The molecule has 9 nitrogen and oxygen atoms in total. The molecule has 2 fully saturated rings. The van der Waals surface area contributed by atoms with Crippen LogP contribution in [0.4, 0.5) is 9.18 Å². The second-order valence-electron chi connectivity index (χ2n) is 5.81. The molecule has 2 heterocycles. The predicted octanol–water partition coefficient (Wildman–Crippen LogP) is -0.124. The van der Waals surface area contributed by atoms with Crippen LogP contribution < -0.4 is 5.32 Å². The minimum atomic E-state index is -2.26. The third-order valence-electron chi connectivity index (χ3n) is 3.79. The number of urea groups is 1. The molecule has 24 heavy (non-hydrogen) atoms. The Morgan fingerprint density at radius 1 is 1.38 bits per heavy atom. The van der Waals surface area contributed by atoms with E-state index in [0.29, 0.717) is 0 Å². The molecule has 0 aliphatic carbocycles. The Labute approximate surface area is 137 Å². The van der Waals surface area contributed by atoms with Gasteiger partial charge in [0, 0.05) is 26.8 Å². The third kappa shape index (κ3) is 3.64. The van der Waals surface area contributed by atoms with Gasteiger partial charge in [0.05, 0.1) is 0 Å². The summed E-state index contributed by atoms with van der Waals surface area (Å²) in [6.07, 6.45) is -3.85. The Hall–Kier alpha value is -2.23. The summed E-state index contributed by atoms with van der Waals surface area (Å²) in [5, 5.41) is 2.07. The standard InChI is InChI=1S/C14H19FN2O7/c1-7(18)22-6-9-11(23-8(2)19)14(3,15)12(24-9)17-5-4-10(20)16-13(17)21/h9,11-12H,4-6H2,1-3H3,(H,16,20,21)/t9-,11-,12-,14-/m1/s1. The van der Waals surface area contributed by atoms with Crippen LogP contribution in [0, 0.1) is 0 Å². The highest BCUT2D eigenvalue weighted by atomic mass is 19.1. The average Bonchev–Trinajstić information content (AvgIpc) is 2.68. The van der Waals surface area contributed by atoms with Crippen LogP contribution >= 0.6 is 0 Å². The van der Waals surface area contributed by atoms with Crippen molar-refractivity contribution in [2.24, 2.45) is 0 Å². The van der Waals surface area contributed by atoms with E-state index < -0.39 is 48.0 Å². The van der Waals surface area contributed by atoms with Crippen molar-refractivity contribution in [1.29, 1.82) is 0 Å². The molecule has 134 valence electrons. The normalized spacial score (nSPS) is 33.2. The Bertz CT molecular complexity index is 565. The van der Waals surface area contributed by atoms with Crippen molar-refractivity contribution < 1.29 is 37.8 Å². The molecule has 2 saturated heterocycles. The monoisotopic (exact) mass is 346 g/mol. The molecular weight excluding hydrogens is 327 g/mol. The number of rotatable bonds is 4. The van der Waals surface area contributed by atoms with E-state index in [0.717, 1.165) is 18.7 Å². The van der Waals surface area contributed by atoms with E-state index in [4.69, 9.17) is 14.2 Å². The van der Waals surface area contributed by atoms with Crippen LogP contribution in [0.25, 0.3) is 0 Å². The summed E-state index contributed by atoms with van der Waals surface area (Å²) in [6, 6.07) is -0.796. The number of alkyl halides is 1. The fourth-order valence-electron chi connectivity index (χ4n) is 2.75. The summed E-state index contributed by atoms with van der Waals surface area (Å²) < 4.78 is 30.6. The highest BCUT2D eigenvalue weighted by Crippen LogP contribution is 2.39. The van der Waals surface area contributed by atoms with E-state index in [1.165, 1.54) is 6.92 Å². The second-order valence-corrected chi connectivity index (χ2v) is 5.81. The van der Waals surface area contributed by atoms with Crippen LogP contribution in [0.2, 0.25) is 0 Å². The van der Waals surface area contributed by atoms with Crippen molar-refractivity contribution in [3.63, 3.8) is 0 Å². The minimum absolute atomic E-state index is 0.00543. The molecule has 2 aliphatic heterocycles. The summed E-state index contributed by atoms with van der Waals surface area (Å²) in [5.41, 5.74) is -2.26. The van der Waals surface area contributed by atoms with E-state index in [1.807, 2.05) is 0 Å². The summed E-state index contributed by atoms with van der Waals surface area (Å²) >= 11 is 0. The summed E-state index contributed by atoms with van der Waals surface area (Å²) in [4.78, 5) is 46.4. The molecule has 2 aliphatic rings. The molecule has 0 aromatic heterocycles. The first kappa shape index (κ1) is 18.1. The molecule has 10 heteroatoms. The molecule has 0 saturated carbocycles. The fourth-order valence-corrected chi connectivity index (χ4v) is 2.75. The number of esters is 2. The largest absolute Gasteiger partial charge is 0.463 e. The zero-order valence-corrected chi connectivity index (χ0v) is 13.5. The van der Waals surface area contributed by atoms with Gasteiger partial charge in [-0.05, 0) is 6.92 Å². The lowest BCUT2D eigenvalue weighted by molar-refractivity contribution is -0.158. The van der Waals surface area contributed by atoms with Crippen LogP contribution in [0.1, 0.15) is 27.2 Å². The molecule has 3 amide bonds. The summed E-state index contributed by atoms with van der Waals surface area (Å²) in [6.45, 7) is 3.03. The highest BCUT2D eigenvalue weighted by Gasteiger charge is 2.60. The fraction of sp³-hybridized carbons (Fsp3) is 0.714. The Morgan fingerprint density at radius 2 is 2.04 bits per heavy atom. The van der Waals surface area contributed by atoms with Crippen molar-refractivity contribution in [2.45, 2.75) is 51.3 Å². The van der Waals surface area contributed by atoms with Crippen LogP contribution in [0.3, 0.4) is 0 Å². The predicted molar refractivity (Wildman–Crippen MR) is 75.2 cm³/mol. The maximum atomic E-state index is 15.3. The van der Waals surface area contributed by atoms with Gasteiger partial charge in [-0.25, -0.2) is 9.18 Å². The number of nitrogens with one attached hydrogen (secondary N) is 1. The van der Waals surface area contributed by atoms with Crippen LogP contribution in [0.15, 0.2) is 0 Å². The van der Waals surface area contributed by atoms with E-state index in [1.54, 1.807) is 0 Å². The number of hydrogen-bond acceptors (Lipinski definition) is 7. The van der Waals surface area contributed by atoms with Gasteiger partial charge in [-0.1, -0.05) is 0 Å². The van der Waals surface area contributed by atoms with Gasteiger partial charge in [0.15, 0.2) is 18.0 Å². The lowest BCUT2D eigenvalue weighted by Crippen LogP contribution is -2.59.